The first kappa shape index (κ1) is 22.0. The van der Waals surface area contributed by atoms with Crippen molar-refractivity contribution in [2.45, 2.75) is 0 Å². The van der Waals surface area contributed by atoms with E-state index in [4.69, 9.17) is 44.6 Å². The number of halogens is 3. The van der Waals surface area contributed by atoms with Crippen LogP contribution >= 0.6 is 34.8 Å². The molecular formula is C17H14Cl3N5O5. The van der Waals surface area contributed by atoms with Crippen molar-refractivity contribution in [1.82, 2.24) is 4.98 Å². The second-order valence-corrected chi connectivity index (χ2v) is 7.15. The van der Waals surface area contributed by atoms with Gasteiger partial charge in [-0.25, -0.2) is 9.78 Å². The van der Waals surface area contributed by atoms with Gasteiger partial charge in [-0.05, 0) is 6.07 Å². The Kier molecular flexibility index (Phi) is 6.93. The summed E-state index contributed by atoms with van der Waals surface area (Å²) in [5, 5.41) is 23.9. The fourth-order valence-corrected chi connectivity index (χ4v) is 3.43. The maximum Gasteiger partial charge on any atom is 0.356 e. The van der Waals surface area contributed by atoms with E-state index in [9.17, 15) is 14.9 Å². The van der Waals surface area contributed by atoms with E-state index < -0.39 is 16.6 Å². The van der Waals surface area contributed by atoms with E-state index in [2.05, 4.69) is 15.5 Å². The maximum atomic E-state index is 11.5. The van der Waals surface area contributed by atoms with E-state index in [1.807, 2.05) is 4.90 Å². The van der Waals surface area contributed by atoms with Crippen LogP contribution in [0.2, 0.25) is 15.2 Å². The third-order valence-corrected chi connectivity index (χ3v) is 5.28. The predicted molar refractivity (Wildman–Crippen MR) is 114 cm³/mol. The molecule has 158 valence electrons. The van der Waals surface area contributed by atoms with Gasteiger partial charge in [0, 0.05) is 24.7 Å². The molecule has 0 spiro atoms. The monoisotopic (exact) mass is 473 g/mol. The number of pyridine rings is 1. The van der Waals surface area contributed by atoms with Crippen molar-refractivity contribution in [3.63, 3.8) is 0 Å². The van der Waals surface area contributed by atoms with Crippen LogP contribution in [0.25, 0.3) is 0 Å². The minimum atomic E-state index is -1.39. The fraction of sp³-hybridized carbons (Fsp3) is 0.235. The van der Waals surface area contributed by atoms with Gasteiger partial charge in [0.05, 0.1) is 30.0 Å². The topological polar surface area (TPSA) is 130 Å². The van der Waals surface area contributed by atoms with Crippen molar-refractivity contribution < 1.29 is 19.6 Å². The number of benzene rings is 1. The van der Waals surface area contributed by atoms with Gasteiger partial charge in [0.15, 0.2) is 10.8 Å². The average molecular weight is 475 g/mol. The summed E-state index contributed by atoms with van der Waals surface area (Å²) < 4.78 is 5.28. The molecule has 1 aromatic carbocycles. The summed E-state index contributed by atoms with van der Waals surface area (Å²) in [6.45, 7) is 2.11. The van der Waals surface area contributed by atoms with Gasteiger partial charge in [-0.15, -0.1) is 0 Å². The number of morpholine rings is 1. The highest BCUT2D eigenvalue weighted by Crippen LogP contribution is 2.37. The lowest BCUT2D eigenvalue weighted by Gasteiger charge is -2.28. The number of anilines is 2. The zero-order chi connectivity index (χ0) is 21.8. The molecule has 30 heavy (non-hydrogen) atoms. The number of hydrogen-bond donors (Lipinski definition) is 2. The molecule has 0 amide bonds. The second kappa shape index (κ2) is 9.43. The van der Waals surface area contributed by atoms with Gasteiger partial charge in [-0.2, -0.15) is 5.10 Å². The van der Waals surface area contributed by atoms with Gasteiger partial charge >= 0.3 is 5.97 Å². The van der Waals surface area contributed by atoms with Crippen molar-refractivity contribution in [2.24, 2.45) is 5.10 Å². The Morgan fingerprint density at radius 1 is 1.30 bits per heavy atom. The molecule has 0 unspecified atom stereocenters. The third kappa shape index (κ3) is 4.73. The highest BCUT2D eigenvalue weighted by molar-refractivity contribution is 6.46. The summed E-state index contributed by atoms with van der Waals surface area (Å²) in [6, 6.07) is 4.67. The number of hydrazone groups is 1. The number of carboxylic acid groups (broad SMARTS) is 1. The normalized spacial score (nSPS) is 14.2. The Labute approximate surface area is 185 Å². The van der Waals surface area contributed by atoms with Crippen molar-refractivity contribution in [1.29, 1.82) is 0 Å². The Bertz CT molecular complexity index is 1030. The molecule has 2 N–H and O–H groups in total. The molecule has 0 aliphatic carbocycles. The standard InChI is InChI=1S/C17H14Cl3N5O5/c18-12-14(13(19)16(20)22-15(12)17(26)27)23-21-8-9-1-2-10(11(7-9)25(28)29)24-3-5-30-6-4-24/h1-2,7-8H,3-6H2,(H,22,23)(H,26,27)/b21-8-. The highest BCUT2D eigenvalue weighted by atomic mass is 35.5. The zero-order valence-corrected chi connectivity index (χ0v) is 17.4. The lowest BCUT2D eigenvalue weighted by molar-refractivity contribution is -0.384. The molecule has 2 aromatic rings. The number of nitro groups is 1. The van der Waals surface area contributed by atoms with Crippen LogP contribution in [0, 0.1) is 10.1 Å². The molecule has 1 saturated heterocycles. The number of nitrogens with zero attached hydrogens (tertiary/aromatic N) is 4. The number of hydrogen-bond acceptors (Lipinski definition) is 8. The number of aromatic carboxylic acids is 1. The number of nitrogens with one attached hydrogen (secondary N) is 1. The summed E-state index contributed by atoms with van der Waals surface area (Å²) in [7, 11) is 0. The zero-order valence-electron chi connectivity index (χ0n) is 15.1. The minimum absolute atomic E-state index is 0.0496. The van der Waals surface area contributed by atoms with Crippen LogP contribution in [0.5, 0.6) is 0 Å². The quantitative estimate of drug-likeness (QED) is 0.279. The van der Waals surface area contributed by atoms with Gasteiger partial charge in [0.1, 0.15) is 15.7 Å². The molecule has 1 aliphatic heterocycles. The first-order valence-electron chi connectivity index (χ1n) is 8.47. The van der Waals surface area contributed by atoms with Crippen molar-refractivity contribution >= 4 is 64.0 Å². The van der Waals surface area contributed by atoms with Crippen LogP contribution in [-0.2, 0) is 4.74 Å². The number of aromatic nitrogens is 1. The van der Waals surface area contributed by atoms with Gasteiger partial charge < -0.3 is 14.7 Å². The van der Waals surface area contributed by atoms with E-state index in [0.29, 0.717) is 37.6 Å². The van der Waals surface area contributed by atoms with Crippen molar-refractivity contribution in [3.8, 4) is 0 Å². The Hall–Kier alpha value is -2.66. The summed E-state index contributed by atoms with van der Waals surface area (Å²) in [5.41, 5.74) is 2.82. The summed E-state index contributed by atoms with van der Waals surface area (Å²) in [4.78, 5) is 27.7. The molecule has 10 nitrogen and oxygen atoms in total. The van der Waals surface area contributed by atoms with E-state index in [0.717, 1.165) is 0 Å². The molecule has 0 atom stereocenters. The molecular weight excluding hydrogens is 461 g/mol. The van der Waals surface area contributed by atoms with Crippen molar-refractivity contribution in [2.75, 3.05) is 36.6 Å². The first-order valence-corrected chi connectivity index (χ1v) is 9.61. The van der Waals surface area contributed by atoms with Crippen LogP contribution in [-0.4, -0.2) is 53.5 Å². The third-order valence-electron chi connectivity index (χ3n) is 4.18. The molecule has 3 rings (SSSR count). The molecule has 2 heterocycles. The van der Waals surface area contributed by atoms with Gasteiger partial charge in [0.25, 0.3) is 5.69 Å². The number of carbonyl (C=O) groups is 1. The van der Waals surface area contributed by atoms with Crippen LogP contribution in [0.3, 0.4) is 0 Å². The Morgan fingerprint density at radius 2 is 2.00 bits per heavy atom. The molecule has 0 saturated carbocycles. The molecule has 1 aromatic heterocycles. The lowest BCUT2D eigenvalue weighted by atomic mass is 10.1. The van der Waals surface area contributed by atoms with E-state index in [1.165, 1.54) is 12.3 Å². The minimum Gasteiger partial charge on any atom is -0.476 e. The van der Waals surface area contributed by atoms with Crippen LogP contribution < -0.4 is 10.3 Å². The van der Waals surface area contributed by atoms with E-state index >= 15 is 0 Å². The number of rotatable bonds is 6. The summed E-state index contributed by atoms with van der Waals surface area (Å²) >= 11 is 17.9. The van der Waals surface area contributed by atoms with E-state index in [-0.39, 0.29) is 26.6 Å². The number of ether oxygens (including phenoxy) is 1. The molecule has 0 bridgehead atoms. The fourth-order valence-electron chi connectivity index (χ4n) is 2.76. The van der Waals surface area contributed by atoms with Crippen LogP contribution in [0.1, 0.15) is 16.1 Å². The summed E-state index contributed by atoms with van der Waals surface area (Å²) in [5.74, 6) is -1.39. The molecule has 0 radical (unpaired) electrons. The van der Waals surface area contributed by atoms with Gasteiger partial charge in [-0.3, -0.25) is 15.5 Å². The first-order chi connectivity index (χ1) is 14.3. The lowest BCUT2D eigenvalue weighted by Crippen LogP contribution is -2.36. The smallest absolute Gasteiger partial charge is 0.356 e. The SMILES string of the molecule is O=C(O)c1nc(Cl)c(Cl)c(N/N=C\c2ccc(N3CCOCC3)c([N+](=O)[O-])c2)c1Cl. The number of carboxylic acids is 1. The highest BCUT2D eigenvalue weighted by Gasteiger charge is 2.22. The van der Waals surface area contributed by atoms with Crippen LogP contribution in [0.15, 0.2) is 23.3 Å². The van der Waals surface area contributed by atoms with E-state index in [1.54, 1.807) is 12.1 Å². The van der Waals surface area contributed by atoms with Gasteiger partial charge in [0.2, 0.25) is 0 Å². The molecule has 13 heteroatoms. The summed E-state index contributed by atoms with van der Waals surface area (Å²) in [6.07, 6.45) is 1.30. The molecule has 1 fully saturated rings. The Morgan fingerprint density at radius 3 is 2.63 bits per heavy atom. The largest absolute Gasteiger partial charge is 0.476 e. The van der Waals surface area contributed by atoms with Gasteiger partial charge in [-0.1, -0.05) is 40.9 Å². The van der Waals surface area contributed by atoms with Crippen LogP contribution in [0.4, 0.5) is 17.1 Å². The number of nitro benzene ring substituents is 1. The second-order valence-electron chi connectivity index (χ2n) is 6.03. The molecule has 1 aliphatic rings. The average Bonchev–Trinajstić information content (AvgIpc) is 2.73. The predicted octanol–water partition coefficient (Wildman–Crippen LogP) is 3.93. The van der Waals surface area contributed by atoms with Crippen molar-refractivity contribution in [3.05, 3.63) is 54.8 Å². The Balaban J connectivity index is 1.86. The maximum absolute atomic E-state index is 11.5.